The van der Waals surface area contributed by atoms with Gasteiger partial charge in [0.1, 0.15) is 0 Å². The van der Waals surface area contributed by atoms with E-state index < -0.39 is 10.0 Å². The van der Waals surface area contributed by atoms with Gasteiger partial charge in [-0.3, -0.25) is 4.99 Å². The second kappa shape index (κ2) is 11.5. The van der Waals surface area contributed by atoms with Gasteiger partial charge < -0.3 is 19.7 Å². The zero-order chi connectivity index (χ0) is 21.3. The van der Waals surface area contributed by atoms with Crippen LogP contribution in [0, 0.1) is 0 Å². The van der Waals surface area contributed by atoms with Crippen molar-refractivity contribution < 1.29 is 17.9 Å². The van der Waals surface area contributed by atoms with Crippen molar-refractivity contribution in [3.63, 3.8) is 0 Å². The number of likely N-dealkylation sites (tertiary alicyclic amines) is 1. The smallest absolute Gasteiger partial charge is 0.242 e. The molecule has 0 atom stereocenters. The normalized spacial score (nSPS) is 16.4. The highest BCUT2D eigenvalue weighted by molar-refractivity contribution is 7.89. The highest BCUT2D eigenvalue weighted by Crippen LogP contribution is 2.16. The zero-order valence-electron chi connectivity index (χ0n) is 17.9. The molecule has 0 unspecified atom stereocenters. The van der Waals surface area contributed by atoms with E-state index in [2.05, 4.69) is 15.2 Å². The SMILES string of the molecule is CN=C(NCc1ccc(S(=O)(=O)N(C)C)cc1)N1CCC(OCCCOC)CC1. The molecular formula is C20H34N4O4S. The standard InChI is InChI=1S/C20H34N4O4S/c1-21-20(24-12-10-18(11-13-24)28-15-5-14-27-4)22-16-17-6-8-19(9-7-17)29(25,26)23(2)3/h6-9,18H,5,10-16H2,1-4H3,(H,21,22). The largest absolute Gasteiger partial charge is 0.385 e. The molecule has 1 aromatic rings. The van der Waals surface area contributed by atoms with Crippen LogP contribution in [0.4, 0.5) is 0 Å². The first-order valence-corrected chi connectivity index (χ1v) is 11.4. The lowest BCUT2D eigenvalue weighted by molar-refractivity contribution is 0.00989. The third-order valence-corrected chi connectivity index (χ3v) is 6.78. The van der Waals surface area contributed by atoms with Crippen molar-refractivity contribution in [2.45, 2.75) is 36.8 Å². The van der Waals surface area contributed by atoms with Crippen molar-refractivity contribution in [3.05, 3.63) is 29.8 Å². The molecule has 1 aliphatic rings. The molecule has 0 aromatic heterocycles. The minimum Gasteiger partial charge on any atom is -0.385 e. The van der Waals surface area contributed by atoms with E-state index in [-0.39, 0.29) is 0 Å². The minimum absolute atomic E-state index is 0.295. The molecule has 9 heteroatoms. The van der Waals surface area contributed by atoms with E-state index in [9.17, 15) is 8.42 Å². The van der Waals surface area contributed by atoms with Gasteiger partial charge in [-0.15, -0.1) is 0 Å². The summed E-state index contributed by atoms with van der Waals surface area (Å²) < 4.78 is 36.5. The van der Waals surface area contributed by atoms with E-state index in [1.54, 1.807) is 26.3 Å². The third-order valence-electron chi connectivity index (χ3n) is 4.95. The maximum atomic E-state index is 12.2. The van der Waals surface area contributed by atoms with Crippen LogP contribution in [0.1, 0.15) is 24.8 Å². The van der Waals surface area contributed by atoms with Gasteiger partial charge in [0.2, 0.25) is 10.0 Å². The lowest BCUT2D eigenvalue weighted by atomic mass is 10.1. The first kappa shape index (κ1) is 23.6. The Morgan fingerprint density at radius 1 is 1.21 bits per heavy atom. The Labute approximate surface area is 174 Å². The molecule has 8 nitrogen and oxygen atoms in total. The molecule has 0 radical (unpaired) electrons. The van der Waals surface area contributed by atoms with E-state index in [4.69, 9.17) is 9.47 Å². The average molecular weight is 427 g/mol. The van der Waals surface area contributed by atoms with E-state index >= 15 is 0 Å². The van der Waals surface area contributed by atoms with Crippen molar-refractivity contribution in [1.29, 1.82) is 0 Å². The lowest BCUT2D eigenvalue weighted by Crippen LogP contribution is -2.46. The van der Waals surface area contributed by atoms with Gasteiger partial charge in [-0.05, 0) is 37.0 Å². The Hall–Kier alpha value is -1.68. The summed E-state index contributed by atoms with van der Waals surface area (Å²) in [5.41, 5.74) is 1.00. The van der Waals surface area contributed by atoms with E-state index in [1.165, 1.54) is 18.4 Å². The molecule has 0 amide bonds. The predicted molar refractivity (Wildman–Crippen MR) is 115 cm³/mol. The van der Waals surface area contributed by atoms with E-state index in [0.717, 1.165) is 57.1 Å². The summed E-state index contributed by atoms with van der Waals surface area (Å²) >= 11 is 0. The fraction of sp³-hybridized carbons (Fsp3) is 0.650. The van der Waals surface area contributed by atoms with E-state index in [0.29, 0.717) is 17.5 Å². The summed E-state index contributed by atoms with van der Waals surface area (Å²) in [4.78, 5) is 6.92. The first-order valence-electron chi connectivity index (χ1n) is 9.96. The summed E-state index contributed by atoms with van der Waals surface area (Å²) in [6.45, 7) is 3.86. The second-order valence-electron chi connectivity index (χ2n) is 7.24. The molecule has 164 valence electrons. The van der Waals surface area contributed by atoms with Gasteiger partial charge in [0.15, 0.2) is 5.96 Å². The van der Waals surface area contributed by atoms with Gasteiger partial charge in [-0.1, -0.05) is 12.1 Å². The molecule has 1 fully saturated rings. The van der Waals surface area contributed by atoms with Crippen LogP contribution in [0.25, 0.3) is 0 Å². The number of hydrogen-bond acceptors (Lipinski definition) is 5. The topological polar surface area (TPSA) is 83.5 Å². The molecule has 0 saturated carbocycles. The molecule has 0 bridgehead atoms. The Kier molecular flexibility index (Phi) is 9.35. The number of nitrogens with one attached hydrogen (secondary N) is 1. The predicted octanol–water partition coefficient (Wildman–Crippen LogP) is 1.53. The number of guanidine groups is 1. The summed E-state index contributed by atoms with van der Waals surface area (Å²) in [5.74, 6) is 0.854. The molecular weight excluding hydrogens is 392 g/mol. The summed E-state index contributed by atoms with van der Waals surface area (Å²) in [7, 11) is 3.15. The van der Waals surface area contributed by atoms with Crippen molar-refractivity contribution in [1.82, 2.24) is 14.5 Å². The number of ether oxygens (including phenoxy) is 2. The average Bonchev–Trinajstić information content (AvgIpc) is 2.73. The van der Waals surface area contributed by atoms with Crippen molar-refractivity contribution in [2.75, 3.05) is 54.6 Å². The zero-order valence-corrected chi connectivity index (χ0v) is 18.7. The van der Waals surface area contributed by atoms with Gasteiger partial charge in [0, 0.05) is 61.1 Å². The maximum absolute atomic E-state index is 12.2. The molecule has 1 heterocycles. The minimum atomic E-state index is -3.40. The number of hydrogen-bond donors (Lipinski definition) is 1. The lowest BCUT2D eigenvalue weighted by Gasteiger charge is -2.34. The van der Waals surface area contributed by atoms with E-state index in [1.807, 2.05) is 12.1 Å². The van der Waals surface area contributed by atoms with Gasteiger partial charge in [-0.2, -0.15) is 0 Å². The van der Waals surface area contributed by atoms with Gasteiger partial charge >= 0.3 is 0 Å². The molecule has 2 rings (SSSR count). The fourth-order valence-corrected chi connectivity index (χ4v) is 4.09. The molecule has 1 saturated heterocycles. The molecule has 1 N–H and O–H groups in total. The number of rotatable bonds is 9. The Morgan fingerprint density at radius 2 is 1.86 bits per heavy atom. The summed E-state index contributed by atoms with van der Waals surface area (Å²) in [6, 6.07) is 6.94. The Balaban J connectivity index is 1.81. The quantitative estimate of drug-likeness (QED) is 0.366. The van der Waals surface area contributed by atoms with Crippen LogP contribution in [0.5, 0.6) is 0 Å². The first-order chi connectivity index (χ1) is 13.9. The second-order valence-corrected chi connectivity index (χ2v) is 9.39. The number of benzene rings is 1. The number of nitrogens with zero attached hydrogens (tertiary/aromatic N) is 3. The summed E-state index contributed by atoms with van der Waals surface area (Å²) in [6.07, 6.45) is 3.18. The molecule has 29 heavy (non-hydrogen) atoms. The van der Waals surface area contributed by atoms with Gasteiger partial charge in [-0.25, -0.2) is 12.7 Å². The van der Waals surface area contributed by atoms with Crippen LogP contribution >= 0.6 is 0 Å². The van der Waals surface area contributed by atoms with Crippen molar-refractivity contribution >= 4 is 16.0 Å². The molecule has 0 aliphatic carbocycles. The van der Waals surface area contributed by atoms with Gasteiger partial charge in [0.05, 0.1) is 11.0 Å². The maximum Gasteiger partial charge on any atom is 0.242 e. The fourth-order valence-electron chi connectivity index (χ4n) is 3.19. The van der Waals surface area contributed by atoms with Crippen LogP contribution in [0.15, 0.2) is 34.2 Å². The summed E-state index contributed by atoms with van der Waals surface area (Å²) in [5, 5.41) is 3.37. The Bertz CT molecular complexity index is 742. The monoisotopic (exact) mass is 426 g/mol. The highest BCUT2D eigenvalue weighted by Gasteiger charge is 2.22. The van der Waals surface area contributed by atoms with Crippen LogP contribution in [0.3, 0.4) is 0 Å². The van der Waals surface area contributed by atoms with Gasteiger partial charge in [0.25, 0.3) is 0 Å². The number of methoxy groups -OCH3 is 1. The Morgan fingerprint density at radius 3 is 2.41 bits per heavy atom. The van der Waals surface area contributed by atoms with Crippen LogP contribution < -0.4 is 5.32 Å². The molecule has 1 aliphatic heterocycles. The van der Waals surface area contributed by atoms with Crippen LogP contribution in [-0.4, -0.2) is 84.2 Å². The molecule has 1 aromatic carbocycles. The van der Waals surface area contributed by atoms with Crippen molar-refractivity contribution in [3.8, 4) is 0 Å². The number of piperidine rings is 1. The molecule has 0 spiro atoms. The highest BCUT2D eigenvalue weighted by atomic mass is 32.2. The number of aliphatic imine (C=N–C) groups is 1. The van der Waals surface area contributed by atoms with Crippen LogP contribution in [-0.2, 0) is 26.0 Å². The third kappa shape index (κ3) is 6.95. The number of sulfonamides is 1. The van der Waals surface area contributed by atoms with Crippen molar-refractivity contribution in [2.24, 2.45) is 4.99 Å². The van der Waals surface area contributed by atoms with Crippen LogP contribution in [0.2, 0.25) is 0 Å².